The van der Waals surface area contributed by atoms with Gasteiger partial charge in [0.05, 0.1) is 5.97 Å². The lowest BCUT2D eigenvalue weighted by Crippen LogP contribution is -2.48. The van der Waals surface area contributed by atoms with E-state index >= 15 is 0 Å². The van der Waals surface area contributed by atoms with Crippen LogP contribution in [0.4, 0.5) is 0 Å². The van der Waals surface area contributed by atoms with Crippen LogP contribution in [0.3, 0.4) is 0 Å². The summed E-state index contributed by atoms with van der Waals surface area (Å²) in [5.74, 6) is -3.05. The van der Waals surface area contributed by atoms with E-state index in [0.717, 1.165) is 0 Å². The molecule has 0 bridgehead atoms. The van der Waals surface area contributed by atoms with Crippen molar-refractivity contribution < 1.29 is 34.8 Å². The second-order valence-electron chi connectivity index (χ2n) is 2.60. The van der Waals surface area contributed by atoms with Crippen LogP contribution in [-0.2, 0) is 14.3 Å². The molecule has 1 saturated heterocycles. The molecule has 0 aromatic heterocycles. The molecular weight excluding hydrogens is 184 g/mol. The van der Waals surface area contributed by atoms with Crippen molar-refractivity contribution in [2.75, 3.05) is 0 Å². The summed E-state index contributed by atoms with van der Waals surface area (Å²) in [5, 5.41) is 36.7. The van der Waals surface area contributed by atoms with Gasteiger partial charge in [-0.25, -0.2) is 4.79 Å². The van der Waals surface area contributed by atoms with Crippen LogP contribution >= 0.6 is 0 Å². The van der Waals surface area contributed by atoms with E-state index in [2.05, 4.69) is 4.74 Å². The third kappa shape index (κ3) is 1.62. The lowest BCUT2D eigenvalue weighted by atomic mass is 10.1. The SMILES string of the molecule is O=C([O-])C(O)[C@H]1OC(=O)[C@H](O)[C@H]1O. The topological polar surface area (TPSA) is 127 Å². The van der Waals surface area contributed by atoms with Gasteiger partial charge in [-0.15, -0.1) is 0 Å². The molecule has 1 unspecified atom stereocenters. The minimum absolute atomic E-state index is 1.17. The number of hydrogen-bond acceptors (Lipinski definition) is 7. The maximum atomic E-state index is 10.6. The molecule has 0 aliphatic carbocycles. The highest BCUT2D eigenvalue weighted by molar-refractivity contribution is 5.80. The molecular formula is C6H7O7-. The number of aliphatic hydroxyl groups excluding tert-OH is 3. The van der Waals surface area contributed by atoms with Crippen molar-refractivity contribution in [3.8, 4) is 0 Å². The van der Waals surface area contributed by atoms with Crippen LogP contribution in [0, 0.1) is 0 Å². The van der Waals surface area contributed by atoms with Crippen LogP contribution in [0.1, 0.15) is 0 Å². The Bertz CT molecular complexity index is 237. The van der Waals surface area contributed by atoms with Crippen molar-refractivity contribution in [1.29, 1.82) is 0 Å². The molecule has 0 saturated carbocycles. The molecule has 0 spiro atoms. The van der Waals surface area contributed by atoms with Gasteiger partial charge in [0.15, 0.2) is 12.2 Å². The molecule has 3 N–H and O–H groups in total. The normalized spacial score (nSPS) is 35.6. The Hall–Kier alpha value is -1.18. The molecule has 1 fully saturated rings. The molecule has 7 heteroatoms. The fraction of sp³-hybridized carbons (Fsp3) is 0.667. The number of carbonyl (C=O) groups is 2. The quantitative estimate of drug-likeness (QED) is 0.377. The highest BCUT2D eigenvalue weighted by Crippen LogP contribution is 2.18. The van der Waals surface area contributed by atoms with Gasteiger partial charge in [0.1, 0.15) is 12.2 Å². The zero-order valence-corrected chi connectivity index (χ0v) is 6.28. The van der Waals surface area contributed by atoms with Crippen LogP contribution < -0.4 is 5.11 Å². The highest BCUT2D eigenvalue weighted by Gasteiger charge is 2.46. The Balaban J connectivity index is 2.73. The standard InChI is InChI=1S/C6H8O7/c7-1-2(8)6(12)13-4(1)3(9)5(10)11/h1-4,7-9H,(H,10,11)/p-1/t1-,2-,3?,4+/m1/s1. The second kappa shape index (κ2) is 3.29. The van der Waals surface area contributed by atoms with E-state index in [1.807, 2.05) is 0 Å². The first-order valence-corrected chi connectivity index (χ1v) is 3.40. The number of carboxylic acids is 1. The van der Waals surface area contributed by atoms with E-state index in [-0.39, 0.29) is 0 Å². The number of rotatable bonds is 2. The van der Waals surface area contributed by atoms with Gasteiger partial charge in [-0.05, 0) is 0 Å². The van der Waals surface area contributed by atoms with Crippen LogP contribution in [-0.4, -0.2) is 51.7 Å². The van der Waals surface area contributed by atoms with Gasteiger partial charge in [-0.3, -0.25) is 0 Å². The summed E-state index contributed by atoms with van der Waals surface area (Å²) in [6.45, 7) is 0. The second-order valence-corrected chi connectivity index (χ2v) is 2.60. The molecule has 4 atom stereocenters. The first-order chi connectivity index (χ1) is 5.95. The number of aliphatic carboxylic acids is 1. The maximum Gasteiger partial charge on any atom is 0.338 e. The third-order valence-corrected chi connectivity index (χ3v) is 1.71. The summed E-state index contributed by atoms with van der Waals surface area (Å²) in [7, 11) is 0. The predicted octanol–water partition coefficient (Wildman–Crippen LogP) is -4.26. The molecule has 0 radical (unpaired) electrons. The number of cyclic esters (lactones) is 1. The number of carbonyl (C=O) groups excluding carboxylic acids is 2. The summed E-state index contributed by atoms with van der Waals surface area (Å²) >= 11 is 0. The van der Waals surface area contributed by atoms with Gasteiger partial charge in [0.2, 0.25) is 0 Å². The van der Waals surface area contributed by atoms with Crippen LogP contribution in [0.25, 0.3) is 0 Å². The molecule has 0 amide bonds. The summed E-state index contributed by atoms with van der Waals surface area (Å²) in [6, 6.07) is 0. The Morgan fingerprint density at radius 2 is 2.08 bits per heavy atom. The van der Waals surface area contributed by atoms with Crippen LogP contribution in [0.15, 0.2) is 0 Å². The van der Waals surface area contributed by atoms with Gasteiger partial charge in [0.25, 0.3) is 0 Å². The number of hydrogen-bond donors (Lipinski definition) is 3. The van der Waals surface area contributed by atoms with Crippen LogP contribution in [0.2, 0.25) is 0 Å². The molecule has 0 aromatic rings. The lowest BCUT2D eigenvalue weighted by Gasteiger charge is -2.20. The first kappa shape index (κ1) is 9.90. The van der Waals surface area contributed by atoms with Gasteiger partial charge in [0, 0.05) is 0 Å². The number of esters is 1. The third-order valence-electron chi connectivity index (χ3n) is 1.71. The molecule has 74 valence electrons. The van der Waals surface area contributed by atoms with Crippen molar-refractivity contribution in [2.24, 2.45) is 0 Å². The van der Waals surface area contributed by atoms with Gasteiger partial charge in [-0.2, -0.15) is 0 Å². The first-order valence-electron chi connectivity index (χ1n) is 3.40. The zero-order chi connectivity index (χ0) is 10.2. The Morgan fingerprint density at radius 3 is 2.38 bits per heavy atom. The predicted molar refractivity (Wildman–Crippen MR) is 32.9 cm³/mol. The smallest absolute Gasteiger partial charge is 0.338 e. The van der Waals surface area contributed by atoms with E-state index in [4.69, 9.17) is 15.3 Å². The molecule has 0 aromatic carbocycles. The molecule has 1 aliphatic rings. The van der Waals surface area contributed by atoms with Crippen LogP contribution in [0.5, 0.6) is 0 Å². The molecule has 1 heterocycles. The minimum Gasteiger partial charge on any atom is -0.547 e. The average Bonchev–Trinajstić information content (AvgIpc) is 2.31. The fourth-order valence-electron chi connectivity index (χ4n) is 0.978. The Kier molecular flexibility index (Phi) is 2.50. The Labute approximate surface area is 72.2 Å². The lowest BCUT2D eigenvalue weighted by molar-refractivity contribution is -0.319. The van der Waals surface area contributed by atoms with Crippen molar-refractivity contribution in [2.45, 2.75) is 24.4 Å². The van der Waals surface area contributed by atoms with Gasteiger partial charge >= 0.3 is 5.97 Å². The largest absolute Gasteiger partial charge is 0.547 e. The Morgan fingerprint density at radius 1 is 1.54 bits per heavy atom. The maximum absolute atomic E-state index is 10.6. The van der Waals surface area contributed by atoms with E-state index in [1.165, 1.54) is 0 Å². The molecule has 13 heavy (non-hydrogen) atoms. The number of ether oxygens (including phenoxy) is 1. The minimum atomic E-state index is -2.14. The summed E-state index contributed by atoms with van der Waals surface area (Å²) in [4.78, 5) is 20.7. The van der Waals surface area contributed by atoms with E-state index in [9.17, 15) is 14.7 Å². The number of carboxylic acid groups (broad SMARTS) is 1. The molecule has 1 rings (SSSR count). The zero-order valence-electron chi connectivity index (χ0n) is 6.28. The van der Waals surface area contributed by atoms with Crippen molar-refractivity contribution in [1.82, 2.24) is 0 Å². The summed E-state index contributed by atoms with van der Waals surface area (Å²) in [6.07, 6.45) is -7.39. The van der Waals surface area contributed by atoms with Crippen molar-refractivity contribution in [3.63, 3.8) is 0 Å². The van der Waals surface area contributed by atoms with Gasteiger partial charge in [-0.1, -0.05) is 0 Å². The van der Waals surface area contributed by atoms with Crippen molar-refractivity contribution in [3.05, 3.63) is 0 Å². The highest BCUT2D eigenvalue weighted by atomic mass is 16.6. The van der Waals surface area contributed by atoms with E-state index < -0.39 is 36.4 Å². The van der Waals surface area contributed by atoms with E-state index in [1.54, 1.807) is 0 Å². The van der Waals surface area contributed by atoms with E-state index in [0.29, 0.717) is 0 Å². The summed E-state index contributed by atoms with van der Waals surface area (Å²) in [5.41, 5.74) is 0. The number of aliphatic hydroxyl groups is 3. The monoisotopic (exact) mass is 191 g/mol. The summed E-state index contributed by atoms with van der Waals surface area (Å²) < 4.78 is 4.20. The van der Waals surface area contributed by atoms with Gasteiger partial charge < -0.3 is 30.0 Å². The molecule has 1 aliphatic heterocycles. The fourth-order valence-corrected chi connectivity index (χ4v) is 0.978. The average molecular weight is 191 g/mol. The molecule has 7 nitrogen and oxygen atoms in total. The van der Waals surface area contributed by atoms with Crippen molar-refractivity contribution >= 4 is 11.9 Å².